The van der Waals surface area contributed by atoms with Crippen LogP contribution in [0.5, 0.6) is 0 Å². The van der Waals surface area contributed by atoms with Crippen LogP contribution >= 0.6 is 22.7 Å². The Bertz CT molecular complexity index is 846. The zero-order valence-corrected chi connectivity index (χ0v) is 18.0. The van der Waals surface area contributed by atoms with Gasteiger partial charge < -0.3 is 0 Å². The molecule has 0 bridgehead atoms. The van der Waals surface area contributed by atoms with Crippen LogP contribution in [-0.4, -0.2) is 33.0 Å². The van der Waals surface area contributed by atoms with Gasteiger partial charge in [0, 0.05) is 18.4 Å². The van der Waals surface area contributed by atoms with E-state index in [0.29, 0.717) is 20.8 Å². The molecule has 0 radical (unpaired) electrons. The second-order valence-corrected chi connectivity index (χ2v) is 9.81. The Balaban J connectivity index is 1.80. The molecule has 1 aliphatic rings. The largest absolute Gasteiger partial charge is 0.296 e. The zero-order valence-electron chi connectivity index (χ0n) is 16.3. The highest BCUT2D eigenvalue weighted by Gasteiger charge is 2.30. The first kappa shape index (κ1) is 19.9. The molecular formula is C18H25N5O2S2. The van der Waals surface area contributed by atoms with Crippen LogP contribution in [0, 0.1) is 6.92 Å². The number of hydrogen-bond acceptors (Lipinski definition) is 7. The van der Waals surface area contributed by atoms with E-state index in [9.17, 15) is 9.59 Å². The van der Waals surface area contributed by atoms with Crippen LogP contribution in [0.2, 0.25) is 0 Å². The van der Waals surface area contributed by atoms with Gasteiger partial charge in [0.2, 0.25) is 11.0 Å². The fourth-order valence-electron chi connectivity index (χ4n) is 3.14. The van der Waals surface area contributed by atoms with Gasteiger partial charge in [0.25, 0.3) is 5.91 Å². The van der Waals surface area contributed by atoms with E-state index in [1.807, 2.05) is 0 Å². The quantitative estimate of drug-likeness (QED) is 0.822. The molecule has 0 aliphatic heterocycles. The second-order valence-electron chi connectivity index (χ2n) is 7.85. The molecule has 2 amide bonds. The van der Waals surface area contributed by atoms with Crippen molar-refractivity contribution in [2.75, 3.05) is 10.2 Å². The Morgan fingerprint density at radius 2 is 1.81 bits per heavy atom. The van der Waals surface area contributed by atoms with Crippen LogP contribution in [-0.2, 0) is 10.2 Å². The normalized spacial score (nSPS) is 15.1. The summed E-state index contributed by atoms with van der Waals surface area (Å²) < 4.78 is 0. The summed E-state index contributed by atoms with van der Waals surface area (Å²) in [6.07, 6.45) is 4.22. The number of anilines is 2. The van der Waals surface area contributed by atoms with Crippen LogP contribution < -0.4 is 10.2 Å². The number of aromatic nitrogens is 3. The Morgan fingerprint density at radius 3 is 2.37 bits per heavy atom. The molecule has 2 aromatic heterocycles. The molecule has 9 heteroatoms. The minimum atomic E-state index is -0.261. The third kappa shape index (κ3) is 4.35. The van der Waals surface area contributed by atoms with E-state index in [1.54, 1.807) is 18.7 Å². The van der Waals surface area contributed by atoms with Gasteiger partial charge in [0.05, 0.1) is 5.69 Å². The standard InChI is InChI=1S/C18H25N5O2S2/c1-10-13(14(25)20-16-22-21-15(27-16)18(3,4)5)26-17(19-10)23(11(2)24)12-8-6-7-9-12/h12H,6-9H2,1-5H3,(H,20,22,25). The van der Waals surface area contributed by atoms with Gasteiger partial charge in [-0.1, -0.05) is 56.3 Å². The summed E-state index contributed by atoms with van der Waals surface area (Å²) in [5.74, 6) is -0.288. The number of carbonyl (C=O) groups is 2. The number of thiazole rings is 1. The van der Waals surface area contributed by atoms with E-state index in [4.69, 9.17) is 0 Å². The van der Waals surface area contributed by atoms with Gasteiger partial charge in [0.1, 0.15) is 9.88 Å². The molecule has 1 saturated carbocycles. The zero-order chi connectivity index (χ0) is 19.8. The van der Waals surface area contributed by atoms with E-state index in [1.165, 1.54) is 22.7 Å². The number of hydrogen-bond donors (Lipinski definition) is 1. The molecule has 0 spiro atoms. The van der Waals surface area contributed by atoms with Crippen molar-refractivity contribution < 1.29 is 9.59 Å². The molecule has 3 rings (SSSR count). The van der Waals surface area contributed by atoms with E-state index >= 15 is 0 Å². The third-order valence-corrected chi connectivity index (χ3v) is 6.93. The highest BCUT2D eigenvalue weighted by molar-refractivity contribution is 7.18. The number of amides is 2. The average Bonchev–Trinajstić information content (AvgIpc) is 3.28. The molecule has 0 aromatic carbocycles. The molecule has 2 heterocycles. The van der Waals surface area contributed by atoms with Crippen molar-refractivity contribution in [3.63, 3.8) is 0 Å². The summed E-state index contributed by atoms with van der Waals surface area (Å²) in [5, 5.41) is 13.0. The fourth-order valence-corrected chi connectivity index (χ4v) is 5.01. The van der Waals surface area contributed by atoms with Crippen LogP contribution in [0.1, 0.15) is 73.8 Å². The molecule has 0 atom stereocenters. The maximum Gasteiger partial charge on any atom is 0.269 e. The Morgan fingerprint density at radius 1 is 1.15 bits per heavy atom. The molecule has 0 unspecified atom stereocenters. The predicted octanol–water partition coefficient (Wildman–Crippen LogP) is 4.15. The molecule has 1 N–H and O–H groups in total. The smallest absolute Gasteiger partial charge is 0.269 e. The lowest BCUT2D eigenvalue weighted by molar-refractivity contribution is -0.117. The first-order valence-corrected chi connectivity index (χ1v) is 10.7. The van der Waals surface area contributed by atoms with Crippen molar-refractivity contribution in [1.29, 1.82) is 0 Å². The summed E-state index contributed by atoms with van der Waals surface area (Å²) in [5.41, 5.74) is 0.509. The fraction of sp³-hybridized carbons (Fsp3) is 0.611. The van der Waals surface area contributed by atoms with Crippen molar-refractivity contribution in [1.82, 2.24) is 15.2 Å². The van der Waals surface area contributed by atoms with Crippen molar-refractivity contribution in [2.45, 2.75) is 71.8 Å². The van der Waals surface area contributed by atoms with Gasteiger partial charge in [-0.3, -0.25) is 19.8 Å². The van der Waals surface area contributed by atoms with Crippen molar-refractivity contribution in [2.24, 2.45) is 0 Å². The van der Waals surface area contributed by atoms with Gasteiger partial charge in [-0.05, 0) is 19.8 Å². The summed E-state index contributed by atoms with van der Waals surface area (Å²) in [7, 11) is 0. The van der Waals surface area contributed by atoms with Crippen LogP contribution in [0.3, 0.4) is 0 Å². The highest BCUT2D eigenvalue weighted by Crippen LogP contribution is 2.34. The first-order chi connectivity index (χ1) is 12.7. The lowest BCUT2D eigenvalue weighted by Gasteiger charge is -2.24. The van der Waals surface area contributed by atoms with Gasteiger partial charge in [-0.15, -0.1) is 10.2 Å². The second kappa shape index (κ2) is 7.63. The summed E-state index contributed by atoms with van der Waals surface area (Å²) >= 11 is 2.63. The molecule has 27 heavy (non-hydrogen) atoms. The molecule has 0 saturated heterocycles. The lowest BCUT2D eigenvalue weighted by atomic mass is 9.98. The molecule has 146 valence electrons. The van der Waals surface area contributed by atoms with Gasteiger partial charge in [-0.25, -0.2) is 4.98 Å². The van der Waals surface area contributed by atoms with Crippen molar-refractivity contribution in [3.05, 3.63) is 15.6 Å². The number of nitrogens with zero attached hydrogens (tertiary/aromatic N) is 4. The van der Waals surface area contributed by atoms with E-state index in [2.05, 4.69) is 41.3 Å². The van der Waals surface area contributed by atoms with Crippen LogP contribution in [0.4, 0.5) is 10.3 Å². The Kier molecular flexibility index (Phi) is 5.62. The molecule has 1 fully saturated rings. The highest BCUT2D eigenvalue weighted by atomic mass is 32.1. The van der Waals surface area contributed by atoms with E-state index in [-0.39, 0.29) is 23.3 Å². The number of carbonyl (C=O) groups excluding carboxylic acids is 2. The van der Waals surface area contributed by atoms with Crippen LogP contribution in [0.15, 0.2) is 0 Å². The SMILES string of the molecule is CC(=O)N(c1nc(C)c(C(=O)Nc2nnc(C(C)(C)C)s2)s1)C1CCCC1. The lowest BCUT2D eigenvalue weighted by Crippen LogP contribution is -2.37. The third-order valence-electron chi connectivity index (χ3n) is 4.51. The number of nitrogens with one attached hydrogen (secondary N) is 1. The maximum absolute atomic E-state index is 12.7. The summed E-state index contributed by atoms with van der Waals surface area (Å²) in [6.45, 7) is 9.51. The number of rotatable bonds is 4. The van der Waals surface area contributed by atoms with E-state index in [0.717, 1.165) is 30.7 Å². The first-order valence-electron chi connectivity index (χ1n) is 9.09. The van der Waals surface area contributed by atoms with Gasteiger partial charge in [-0.2, -0.15) is 0 Å². The van der Waals surface area contributed by atoms with Crippen LogP contribution in [0.25, 0.3) is 0 Å². The summed E-state index contributed by atoms with van der Waals surface area (Å²) in [6, 6.07) is 0.182. The van der Waals surface area contributed by atoms with E-state index < -0.39 is 0 Å². The predicted molar refractivity (Wildman–Crippen MR) is 109 cm³/mol. The maximum atomic E-state index is 12.7. The topological polar surface area (TPSA) is 88.1 Å². The molecule has 7 nitrogen and oxygen atoms in total. The van der Waals surface area contributed by atoms with Crippen molar-refractivity contribution >= 4 is 44.8 Å². The summed E-state index contributed by atoms with van der Waals surface area (Å²) in [4.78, 5) is 31.7. The average molecular weight is 408 g/mol. The Labute approximate surface area is 167 Å². The van der Waals surface area contributed by atoms with Gasteiger partial charge in [0.15, 0.2) is 5.13 Å². The molecule has 2 aromatic rings. The Hall–Kier alpha value is -1.87. The molecule has 1 aliphatic carbocycles. The minimum Gasteiger partial charge on any atom is -0.296 e. The van der Waals surface area contributed by atoms with Crippen molar-refractivity contribution in [3.8, 4) is 0 Å². The number of aryl methyl sites for hydroxylation is 1. The monoisotopic (exact) mass is 407 g/mol. The molecular weight excluding hydrogens is 382 g/mol. The minimum absolute atomic E-state index is 0.0263. The van der Waals surface area contributed by atoms with Gasteiger partial charge >= 0.3 is 0 Å².